The largest absolute Gasteiger partial charge is 0.324 e. The summed E-state index contributed by atoms with van der Waals surface area (Å²) in [6, 6.07) is 12.8. The number of hydrogen-bond acceptors (Lipinski definition) is 2. The van der Waals surface area contributed by atoms with Crippen LogP contribution in [-0.2, 0) is 11.3 Å². The number of hydrogen-bond donors (Lipinski definition) is 3. The molecule has 0 aliphatic heterocycles. The Hall–Kier alpha value is -2.73. The number of quaternary nitrogens is 1. The van der Waals surface area contributed by atoms with Crippen molar-refractivity contribution in [1.82, 2.24) is 10.9 Å². The molecule has 0 saturated carbocycles. The number of nitrogens with one attached hydrogen (secondary N) is 3. The van der Waals surface area contributed by atoms with Crippen LogP contribution in [0.2, 0.25) is 0 Å². The van der Waals surface area contributed by atoms with Crippen molar-refractivity contribution < 1.29 is 18.9 Å². The van der Waals surface area contributed by atoms with Crippen LogP contribution in [0.3, 0.4) is 0 Å². The van der Waals surface area contributed by atoms with Gasteiger partial charge in [-0.2, -0.15) is 0 Å². The molecular formula is C19H23FN3O2+. The summed E-state index contributed by atoms with van der Waals surface area (Å²) in [7, 11) is 1.93. The van der Waals surface area contributed by atoms with Gasteiger partial charge in [0.1, 0.15) is 12.4 Å². The number of carbonyl (C=O) groups is 2. The van der Waals surface area contributed by atoms with E-state index in [-0.39, 0.29) is 17.5 Å². The second-order valence-electron chi connectivity index (χ2n) is 6.12. The van der Waals surface area contributed by atoms with Crippen LogP contribution in [0.15, 0.2) is 48.5 Å². The van der Waals surface area contributed by atoms with Gasteiger partial charge in [0.15, 0.2) is 6.04 Å². The van der Waals surface area contributed by atoms with E-state index >= 15 is 0 Å². The van der Waals surface area contributed by atoms with Crippen molar-refractivity contribution in [2.75, 3.05) is 7.05 Å². The van der Waals surface area contributed by atoms with Crippen LogP contribution < -0.4 is 15.8 Å². The monoisotopic (exact) mass is 344 g/mol. The number of hydrazine groups is 1. The Bertz CT molecular complexity index is 747. The van der Waals surface area contributed by atoms with E-state index in [1.165, 1.54) is 35.4 Å². The quantitative estimate of drug-likeness (QED) is 0.709. The number of halogens is 1. The fourth-order valence-corrected chi connectivity index (χ4v) is 2.39. The third-order valence-corrected chi connectivity index (χ3v) is 4.27. The maximum absolute atomic E-state index is 12.9. The predicted octanol–water partition coefficient (Wildman–Crippen LogP) is 0.999. The molecule has 6 heteroatoms. The van der Waals surface area contributed by atoms with Crippen molar-refractivity contribution in [3.63, 3.8) is 0 Å². The highest BCUT2D eigenvalue weighted by atomic mass is 19.1. The molecule has 1 unspecified atom stereocenters. The van der Waals surface area contributed by atoms with E-state index in [9.17, 15) is 14.0 Å². The Kier molecular flexibility index (Phi) is 6.25. The van der Waals surface area contributed by atoms with E-state index in [0.29, 0.717) is 6.54 Å². The minimum Gasteiger partial charge on any atom is -0.324 e. The van der Waals surface area contributed by atoms with Gasteiger partial charge in [-0.05, 0) is 43.7 Å². The van der Waals surface area contributed by atoms with Crippen LogP contribution in [0.4, 0.5) is 4.39 Å². The summed E-state index contributed by atoms with van der Waals surface area (Å²) >= 11 is 0. The highest BCUT2D eigenvalue weighted by Gasteiger charge is 2.22. The summed E-state index contributed by atoms with van der Waals surface area (Å²) in [6.07, 6.45) is 0. The molecular weight excluding hydrogens is 321 g/mol. The Morgan fingerprint density at radius 3 is 2.36 bits per heavy atom. The molecule has 0 heterocycles. The Morgan fingerprint density at radius 1 is 1.08 bits per heavy atom. The van der Waals surface area contributed by atoms with Crippen LogP contribution in [0, 0.1) is 12.7 Å². The lowest BCUT2D eigenvalue weighted by Gasteiger charge is -2.22. The average molecular weight is 344 g/mol. The molecule has 0 fully saturated rings. The maximum Gasteiger partial charge on any atom is 0.296 e. The molecule has 2 rings (SSSR count). The fourth-order valence-electron chi connectivity index (χ4n) is 2.39. The Labute approximate surface area is 146 Å². The molecule has 2 aromatic rings. The minimum absolute atomic E-state index is 0.273. The molecule has 0 bridgehead atoms. The number of benzene rings is 2. The summed E-state index contributed by atoms with van der Waals surface area (Å²) in [6.45, 7) is 4.54. The fraction of sp³-hybridized carbons (Fsp3) is 0.263. The van der Waals surface area contributed by atoms with Gasteiger partial charge in [-0.1, -0.05) is 24.3 Å². The van der Waals surface area contributed by atoms with Crippen LogP contribution in [0.1, 0.15) is 28.4 Å². The molecule has 0 saturated heterocycles. The van der Waals surface area contributed by atoms with E-state index in [0.717, 1.165) is 4.90 Å². The van der Waals surface area contributed by atoms with Gasteiger partial charge in [0.25, 0.3) is 11.8 Å². The first-order valence-corrected chi connectivity index (χ1v) is 8.11. The zero-order chi connectivity index (χ0) is 18.4. The summed E-state index contributed by atoms with van der Waals surface area (Å²) in [5.41, 5.74) is 7.41. The van der Waals surface area contributed by atoms with Crippen LogP contribution in [0.5, 0.6) is 0 Å². The van der Waals surface area contributed by atoms with Crippen LogP contribution >= 0.6 is 0 Å². The van der Waals surface area contributed by atoms with Gasteiger partial charge in [-0.3, -0.25) is 20.4 Å². The summed E-state index contributed by atoms with van der Waals surface area (Å²) in [5, 5.41) is 0. The molecule has 2 amide bonds. The molecule has 0 aliphatic rings. The van der Waals surface area contributed by atoms with Crippen molar-refractivity contribution in [3.8, 4) is 0 Å². The summed E-state index contributed by atoms with van der Waals surface area (Å²) in [4.78, 5) is 25.2. The first-order chi connectivity index (χ1) is 11.9. The number of likely N-dealkylation sites (N-methyl/N-ethyl adjacent to an activating group) is 1. The Morgan fingerprint density at radius 2 is 1.72 bits per heavy atom. The third-order valence-electron chi connectivity index (χ3n) is 4.27. The van der Waals surface area contributed by atoms with Gasteiger partial charge < -0.3 is 4.90 Å². The normalized spacial score (nSPS) is 13.0. The molecule has 3 N–H and O–H groups in total. The third kappa shape index (κ3) is 5.12. The van der Waals surface area contributed by atoms with E-state index in [1.54, 1.807) is 6.92 Å². The van der Waals surface area contributed by atoms with Crippen molar-refractivity contribution >= 4 is 11.8 Å². The van der Waals surface area contributed by atoms with Gasteiger partial charge >= 0.3 is 0 Å². The lowest BCUT2D eigenvalue weighted by Crippen LogP contribution is -3.12. The number of amides is 2. The van der Waals surface area contributed by atoms with Gasteiger partial charge in [0.2, 0.25) is 0 Å². The zero-order valence-electron chi connectivity index (χ0n) is 14.6. The van der Waals surface area contributed by atoms with Crippen molar-refractivity contribution in [1.29, 1.82) is 0 Å². The Balaban J connectivity index is 1.88. The van der Waals surface area contributed by atoms with Gasteiger partial charge in [-0.15, -0.1) is 0 Å². The summed E-state index contributed by atoms with van der Waals surface area (Å²) in [5.74, 6) is -1.20. The molecule has 0 aromatic heterocycles. The van der Waals surface area contributed by atoms with Gasteiger partial charge in [-0.25, -0.2) is 4.39 Å². The van der Waals surface area contributed by atoms with Crippen molar-refractivity contribution in [2.45, 2.75) is 26.4 Å². The lowest BCUT2D eigenvalue weighted by atomic mass is 10.1. The predicted molar refractivity (Wildman–Crippen MR) is 93.2 cm³/mol. The van der Waals surface area contributed by atoms with E-state index in [1.807, 2.05) is 38.2 Å². The van der Waals surface area contributed by atoms with Crippen molar-refractivity contribution in [3.05, 3.63) is 71.0 Å². The molecule has 5 nitrogen and oxygen atoms in total. The molecule has 132 valence electrons. The van der Waals surface area contributed by atoms with E-state index in [2.05, 4.69) is 10.9 Å². The second-order valence-corrected chi connectivity index (χ2v) is 6.12. The minimum atomic E-state index is -0.489. The number of carbonyl (C=O) groups excluding carboxylic acids is 2. The second kappa shape index (κ2) is 8.39. The van der Waals surface area contributed by atoms with Gasteiger partial charge in [0.05, 0.1) is 7.05 Å². The standard InChI is InChI=1S/C19H22FN3O2/c1-13-6-4-5-7-16(13)12-23(3)14(2)18(24)21-22-19(25)15-8-10-17(20)11-9-15/h4-11,14H,12H2,1-3H3,(H,21,24)(H,22,25)/p+1/t14-/m0/s1. The summed E-state index contributed by atoms with van der Waals surface area (Å²) < 4.78 is 12.9. The molecule has 0 spiro atoms. The molecule has 2 atom stereocenters. The SMILES string of the molecule is Cc1ccccc1C[NH+](C)[C@@H](C)C(=O)NNC(=O)c1ccc(F)cc1. The highest BCUT2D eigenvalue weighted by molar-refractivity contribution is 5.95. The molecule has 0 radical (unpaired) electrons. The lowest BCUT2D eigenvalue weighted by molar-refractivity contribution is -0.908. The molecule has 2 aromatic carbocycles. The molecule has 0 aliphatic carbocycles. The van der Waals surface area contributed by atoms with E-state index in [4.69, 9.17) is 0 Å². The van der Waals surface area contributed by atoms with Crippen LogP contribution in [-0.4, -0.2) is 24.9 Å². The first kappa shape index (κ1) is 18.6. The maximum atomic E-state index is 12.9. The van der Waals surface area contributed by atoms with Gasteiger partial charge in [0, 0.05) is 11.1 Å². The van der Waals surface area contributed by atoms with Crippen molar-refractivity contribution in [2.24, 2.45) is 0 Å². The average Bonchev–Trinajstić information content (AvgIpc) is 2.61. The topological polar surface area (TPSA) is 62.6 Å². The number of aryl methyl sites for hydroxylation is 1. The zero-order valence-corrected chi connectivity index (χ0v) is 14.6. The highest BCUT2D eigenvalue weighted by Crippen LogP contribution is 2.05. The number of rotatable bonds is 5. The van der Waals surface area contributed by atoms with Crippen LogP contribution in [0.25, 0.3) is 0 Å². The molecule has 25 heavy (non-hydrogen) atoms. The smallest absolute Gasteiger partial charge is 0.296 e. The van der Waals surface area contributed by atoms with E-state index < -0.39 is 11.7 Å². The first-order valence-electron chi connectivity index (χ1n) is 8.11.